The Morgan fingerprint density at radius 1 is 1.15 bits per heavy atom. The third kappa shape index (κ3) is 5.57. The van der Waals surface area contributed by atoms with E-state index in [0.29, 0.717) is 17.7 Å². The second-order valence-electron chi connectivity index (χ2n) is 7.70. The smallest absolute Gasteiger partial charge is 0.490 e. The first-order valence-electron chi connectivity index (χ1n) is 9.93. The van der Waals surface area contributed by atoms with Gasteiger partial charge in [0.1, 0.15) is 5.75 Å². The molecule has 0 saturated heterocycles. The summed E-state index contributed by atoms with van der Waals surface area (Å²) in [4.78, 5) is 37.1. The van der Waals surface area contributed by atoms with Crippen LogP contribution in [0.2, 0.25) is 0 Å². The average molecular weight is 483 g/mol. The third-order valence-electron chi connectivity index (χ3n) is 5.01. The zero-order valence-corrected chi connectivity index (χ0v) is 18.8. The summed E-state index contributed by atoms with van der Waals surface area (Å²) < 4.78 is 33.9. The highest BCUT2D eigenvalue weighted by Gasteiger charge is 2.38. The minimum Gasteiger partial charge on any atom is -0.506 e. The molecule has 184 valence electrons. The molecule has 3 aromatic rings. The van der Waals surface area contributed by atoms with Gasteiger partial charge in [-0.15, -0.1) is 0 Å². The van der Waals surface area contributed by atoms with Gasteiger partial charge in [0, 0.05) is 35.8 Å². The van der Waals surface area contributed by atoms with Crippen molar-refractivity contribution in [2.45, 2.75) is 26.1 Å². The van der Waals surface area contributed by atoms with Crippen LogP contribution in [0.4, 0.5) is 13.2 Å². The van der Waals surface area contributed by atoms with Crippen LogP contribution >= 0.6 is 0 Å². The Morgan fingerprint density at radius 3 is 2.21 bits per heavy atom. The van der Waals surface area contributed by atoms with Gasteiger partial charge in [-0.3, -0.25) is 4.79 Å². The van der Waals surface area contributed by atoms with Gasteiger partial charge in [-0.1, -0.05) is 13.0 Å². The Labute approximate surface area is 191 Å². The van der Waals surface area contributed by atoms with Crippen LogP contribution in [0.3, 0.4) is 0 Å². The van der Waals surface area contributed by atoms with Crippen molar-refractivity contribution in [3.05, 3.63) is 51.4 Å². The molecule has 0 fully saturated rings. The van der Waals surface area contributed by atoms with E-state index in [1.807, 2.05) is 39.3 Å². The van der Waals surface area contributed by atoms with Crippen LogP contribution in [0.15, 0.2) is 29.1 Å². The summed E-state index contributed by atoms with van der Waals surface area (Å²) in [7, 11) is 6.02. The van der Waals surface area contributed by atoms with Gasteiger partial charge in [-0.25, -0.2) is 9.59 Å². The topological polar surface area (TPSA) is 136 Å². The number of carboxylic acid groups (broad SMARTS) is 2. The number of alkyl halides is 3. The maximum absolute atomic E-state index is 12.2. The van der Waals surface area contributed by atoms with E-state index in [2.05, 4.69) is 20.5 Å². The van der Waals surface area contributed by atoms with Crippen LogP contribution in [-0.4, -0.2) is 62.0 Å². The van der Waals surface area contributed by atoms with E-state index in [4.69, 9.17) is 9.90 Å². The van der Waals surface area contributed by atoms with E-state index in [1.165, 1.54) is 0 Å². The van der Waals surface area contributed by atoms with Gasteiger partial charge in [0.2, 0.25) is 0 Å². The van der Waals surface area contributed by atoms with Crippen molar-refractivity contribution in [3.63, 3.8) is 0 Å². The Balaban J connectivity index is 0.000000509. The lowest BCUT2D eigenvalue weighted by Gasteiger charge is -2.12. The molecule has 12 heteroatoms. The first-order valence-corrected chi connectivity index (χ1v) is 9.93. The van der Waals surface area contributed by atoms with Gasteiger partial charge in [0.15, 0.2) is 5.56 Å². The number of aliphatic carboxylic acids is 1. The molecule has 0 saturated carbocycles. The van der Waals surface area contributed by atoms with Crippen molar-refractivity contribution in [3.8, 4) is 17.0 Å². The predicted molar refractivity (Wildman–Crippen MR) is 118 cm³/mol. The molecule has 1 aromatic carbocycles. The molecular formula is C22H24F3N3O6. The number of H-pyrrole nitrogens is 1. The standard InChI is InChI=1S/C20H23N3O4.C2HF3O2/c1-5-14-17(21-19(25)16(18(14)24)20(26)27)11-6-7-15-12(8-11)9-13(23(15)4)10-22(2)3;3-2(4,5)1(6)7/h6-9H,5,10H2,1-4H3,(H,26,27)(H2,21,24,25);(H,6,7). The molecule has 0 radical (unpaired) electrons. The number of nitrogens with zero attached hydrogens (tertiary/aromatic N) is 2. The molecule has 0 bridgehead atoms. The van der Waals surface area contributed by atoms with Crippen molar-refractivity contribution in [1.29, 1.82) is 0 Å². The number of hydrogen-bond acceptors (Lipinski definition) is 5. The van der Waals surface area contributed by atoms with Crippen LogP contribution in [-0.2, 0) is 24.8 Å². The second-order valence-corrected chi connectivity index (χ2v) is 7.70. The maximum Gasteiger partial charge on any atom is 0.490 e. The summed E-state index contributed by atoms with van der Waals surface area (Å²) in [5, 5.41) is 27.7. The van der Waals surface area contributed by atoms with Crippen LogP contribution in [0.25, 0.3) is 22.2 Å². The fourth-order valence-electron chi connectivity index (χ4n) is 3.46. The first-order chi connectivity index (χ1) is 15.7. The molecule has 3 rings (SSSR count). The van der Waals surface area contributed by atoms with Crippen molar-refractivity contribution >= 4 is 22.8 Å². The van der Waals surface area contributed by atoms with Crippen molar-refractivity contribution < 1.29 is 38.1 Å². The number of aromatic hydroxyl groups is 1. The van der Waals surface area contributed by atoms with Gasteiger partial charge in [0.25, 0.3) is 5.56 Å². The largest absolute Gasteiger partial charge is 0.506 e. The number of aromatic amines is 1. The molecule has 9 nitrogen and oxygen atoms in total. The summed E-state index contributed by atoms with van der Waals surface area (Å²) in [6.07, 6.45) is -4.70. The van der Waals surface area contributed by atoms with E-state index in [9.17, 15) is 33.0 Å². The summed E-state index contributed by atoms with van der Waals surface area (Å²) in [6, 6.07) is 7.86. The zero-order valence-electron chi connectivity index (χ0n) is 18.8. The number of rotatable bonds is 5. The van der Waals surface area contributed by atoms with E-state index in [-0.39, 0.29) is 0 Å². The van der Waals surface area contributed by atoms with E-state index < -0.39 is 35.0 Å². The molecule has 0 aliphatic heterocycles. The summed E-state index contributed by atoms with van der Waals surface area (Å²) >= 11 is 0. The average Bonchev–Trinajstić information content (AvgIpc) is 3.01. The SMILES string of the molecule is CCc1c(-c2ccc3c(c2)cc(CN(C)C)n3C)[nH]c(=O)c(C(=O)O)c1O.O=C(O)C(F)(F)F. The number of fused-ring (bicyclic) bond motifs is 1. The Morgan fingerprint density at radius 2 is 1.74 bits per heavy atom. The fourth-order valence-corrected chi connectivity index (χ4v) is 3.46. The number of carbonyl (C=O) groups is 2. The lowest BCUT2D eigenvalue weighted by molar-refractivity contribution is -0.192. The summed E-state index contributed by atoms with van der Waals surface area (Å²) in [5.41, 5.74) is 2.37. The molecule has 0 atom stereocenters. The highest BCUT2D eigenvalue weighted by atomic mass is 19.4. The normalized spacial score (nSPS) is 11.4. The van der Waals surface area contributed by atoms with Gasteiger partial charge in [-0.05, 0) is 44.3 Å². The maximum atomic E-state index is 12.2. The van der Waals surface area contributed by atoms with Crippen molar-refractivity contribution in [2.75, 3.05) is 14.1 Å². The summed E-state index contributed by atoms with van der Waals surface area (Å²) in [5.74, 6) is -4.67. The highest BCUT2D eigenvalue weighted by Crippen LogP contribution is 2.32. The molecule has 2 aromatic heterocycles. The molecule has 0 amide bonds. The van der Waals surface area contributed by atoms with Crippen LogP contribution in [0.5, 0.6) is 5.75 Å². The van der Waals surface area contributed by atoms with Crippen LogP contribution < -0.4 is 5.56 Å². The van der Waals surface area contributed by atoms with E-state index in [1.54, 1.807) is 6.92 Å². The van der Waals surface area contributed by atoms with E-state index in [0.717, 1.165) is 28.7 Å². The number of pyridine rings is 1. The first kappa shape index (κ1) is 26.5. The molecular weight excluding hydrogens is 459 g/mol. The zero-order chi connectivity index (χ0) is 26.0. The van der Waals surface area contributed by atoms with Crippen LogP contribution in [0, 0.1) is 0 Å². The fraction of sp³-hybridized carbons (Fsp3) is 0.318. The number of benzene rings is 1. The molecule has 2 heterocycles. The monoisotopic (exact) mass is 483 g/mol. The highest BCUT2D eigenvalue weighted by molar-refractivity contribution is 5.92. The Kier molecular flexibility index (Phi) is 7.78. The molecule has 4 N–H and O–H groups in total. The van der Waals surface area contributed by atoms with E-state index >= 15 is 0 Å². The molecule has 0 unspecified atom stereocenters. The number of aromatic carboxylic acids is 1. The quantitative estimate of drug-likeness (QED) is 0.438. The summed E-state index contributed by atoms with van der Waals surface area (Å²) in [6.45, 7) is 2.60. The lowest BCUT2D eigenvalue weighted by Crippen LogP contribution is -2.21. The van der Waals surface area contributed by atoms with Crippen molar-refractivity contribution in [1.82, 2.24) is 14.5 Å². The number of halogens is 3. The van der Waals surface area contributed by atoms with Gasteiger partial charge in [-0.2, -0.15) is 13.2 Å². The van der Waals surface area contributed by atoms with Gasteiger partial charge in [0.05, 0.1) is 5.69 Å². The molecule has 0 aliphatic carbocycles. The Hall–Kier alpha value is -3.80. The third-order valence-corrected chi connectivity index (χ3v) is 5.01. The van der Waals surface area contributed by atoms with Crippen molar-refractivity contribution in [2.24, 2.45) is 7.05 Å². The molecule has 0 spiro atoms. The number of nitrogens with one attached hydrogen (secondary N) is 1. The number of aromatic nitrogens is 2. The lowest BCUT2D eigenvalue weighted by atomic mass is 9.99. The number of aryl methyl sites for hydroxylation is 1. The predicted octanol–water partition coefficient (Wildman–Crippen LogP) is 3.19. The van der Waals surface area contributed by atoms with Gasteiger partial charge >= 0.3 is 18.1 Å². The number of hydrogen-bond donors (Lipinski definition) is 4. The molecule has 0 aliphatic rings. The minimum atomic E-state index is -5.08. The second kappa shape index (κ2) is 10.00. The molecule has 34 heavy (non-hydrogen) atoms. The Bertz CT molecular complexity index is 1290. The minimum absolute atomic E-state index is 0.386. The number of carboxylic acids is 2. The van der Waals surface area contributed by atoms with Gasteiger partial charge < -0.3 is 29.8 Å². The van der Waals surface area contributed by atoms with Crippen LogP contribution in [0.1, 0.15) is 28.5 Å².